The fourth-order valence-corrected chi connectivity index (χ4v) is 7.24. The lowest BCUT2D eigenvalue weighted by Crippen LogP contribution is -2.49. The third-order valence-corrected chi connectivity index (χ3v) is 8.22. The Morgan fingerprint density at radius 2 is 1.71 bits per heavy atom. The van der Waals surface area contributed by atoms with Crippen LogP contribution in [-0.2, 0) is 5.41 Å². The van der Waals surface area contributed by atoms with Crippen molar-refractivity contribution in [2.45, 2.75) is 50.6 Å². The first-order valence-electron chi connectivity index (χ1n) is 12.1. The summed E-state index contributed by atoms with van der Waals surface area (Å²) in [6.45, 7) is -2.97. The Kier molecular flexibility index (Phi) is 5.55. The minimum atomic E-state index is -2.97. The Balaban J connectivity index is 1.36. The molecule has 0 spiro atoms. The highest BCUT2D eigenvalue weighted by molar-refractivity contribution is 6.32. The average Bonchev–Trinajstić information content (AvgIpc) is 3.27. The lowest BCUT2D eigenvalue weighted by molar-refractivity contribution is -0.0497. The van der Waals surface area contributed by atoms with Crippen molar-refractivity contribution in [2.24, 2.45) is 17.8 Å². The van der Waals surface area contributed by atoms with E-state index in [1.807, 2.05) is 36.5 Å². The predicted octanol–water partition coefficient (Wildman–Crippen LogP) is 6.85. The van der Waals surface area contributed by atoms with Crippen molar-refractivity contribution < 1.29 is 18.3 Å². The predicted molar refractivity (Wildman–Crippen MR) is 129 cm³/mol. The van der Waals surface area contributed by atoms with E-state index in [1.165, 1.54) is 37.5 Å². The number of hydrogen-bond donors (Lipinski definition) is 1. The topological polar surface area (TPSA) is 56.1 Å². The van der Waals surface area contributed by atoms with E-state index < -0.39 is 6.61 Å². The van der Waals surface area contributed by atoms with Gasteiger partial charge in [-0.15, -0.1) is 0 Å². The number of nitrogens with zero attached hydrogens (tertiary/aromatic N) is 2. The molecule has 2 aromatic carbocycles. The molecular weight excluding hydrogens is 472 g/mol. The third-order valence-electron chi connectivity index (χ3n) is 7.93. The van der Waals surface area contributed by atoms with Crippen molar-refractivity contribution in [1.29, 1.82) is 0 Å². The van der Waals surface area contributed by atoms with Crippen molar-refractivity contribution in [2.75, 3.05) is 5.32 Å². The lowest BCUT2D eigenvalue weighted by atomic mass is 9.48. The number of hydrogen-bond acceptors (Lipinski definition) is 3. The SMILES string of the molecule is O=C(Nc1ccc(OC(F)F)c(Cl)c1)c1cn(-c2ccccc2)nc1C12CC3CC(CC(C3)C1)C2. The van der Waals surface area contributed by atoms with Crippen LogP contribution in [-0.4, -0.2) is 22.3 Å². The summed E-state index contributed by atoms with van der Waals surface area (Å²) < 4.78 is 31.3. The van der Waals surface area contributed by atoms with Gasteiger partial charge in [0.05, 0.1) is 22.0 Å². The number of aromatic nitrogens is 2. The summed E-state index contributed by atoms with van der Waals surface area (Å²) in [5.41, 5.74) is 2.66. The van der Waals surface area contributed by atoms with Crippen LogP contribution in [0.15, 0.2) is 54.7 Å². The molecule has 4 aliphatic rings. The van der Waals surface area contributed by atoms with Crippen LogP contribution >= 0.6 is 11.6 Å². The van der Waals surface area contributed by atoms with Gasteiger partial charge in [0.2, 0.25) is 0 Å². The highest BCUT2D eigenvalue weighted by Crippen LogP contribution is 2.61. The van der Waals surface area contributed by atoms with Crippen LogP contribution in [0.5, 0.6) is 5.75 Å². The molecule has 7 rings (SSSR count). The molecule has 4 bridgehead atoms. The molecule has 0 atom stereocenters. The summed E-state index contributed by atoms with van der Waals surface area (Å²) >= 11 is 6.10. The molecule has 0 saturated heterocycles. The average molecular weight is 498 g/mol. The summed E-state index contributed by atoms with van der Waals surface area (Å²) in [6, 6.07) is 14.1. The van der Waals surface area contributed by atoms with Gasteiger partial charge in [-0.2, -0.15) is 13.9 Å². The van der Waals surface area contributed by atoms with Crippen molar-refractivity contribution in [1.82, 2.24) is 9.78 Å². The van der Waals surface area contributed by atoms with Crippen molar-refractivity contribution in [3.8, 4) is 11.4 Å². The number of para-hydroxylation sites is 1. The molecule has 1 N–H and O–H groups in total. The van der Waals surface area contributed by atoms with Gasteiger partial charge in [-0.25, -0.2) is 4.68 Å². The molecule has 1 aromatic heterocycles. The summed E-state index contributed by atoms with van der Waals surface area (Å²) in [4.78, 5) is 13.6. The Morgan fingerprint density at radius 3 is 2.31 bits per heavy atom. The Bertz CT molecular complexity index is 1230. The number of halogens is 3. The Labute approximate surface area is 207 Å². The minimum Gasteiger partial charge on any atom is -0.433 e. The van der Waals surface area contributed by atoms with E-state index in [0.717, 1.165) is 30.6 Å². The zero-order valence-electron chi connectivity index (χ0n) is 19.1. The monoisotopic (exact) mass is 497 g/mol. The molecule has 1 heterocycles. The van der Waals surface area contributed by atoms with Crippen LogP contribution in [0.3, 0.4) is 0 Å². The molecule has 1 amide bonds. The van der Waals surface area contributed by atoms with E-state index in [1.54, 1.807) is 4.68 Å². The first-order chi connectivity index (χ1) is 16.9. The van der Waals surface area contributed by atoms with Gasteiger partial charge in [-0.1, -0.05) is 29.8 Å². The number of rotatable bonds is 6. The van der Waals surface area contributed by atoms with Crippen LogP contribution in [0.25, 0.3) is 5.69 Å². The van der Waals surface area contributed by atoms with E-state index in [9.17, 15) is 13.6 Å². The number of carbonyl (C=O) groups is 1. The van der Waals surface area contributed by atoms with Crippen LogP contribution in [0.4, 0.5) is 14.5 Å². The molecule has 4 fully saturated rings. The van der Waals surface area contributed by atoms with Gasteiger partial charge in [0.1, 0.15) is 5.75 Å². The van der Waals surface area contributed by atoms with Crippen molar-refractivity contribution in [3.63, 3.8) is 0 Å². The number of ether oxygens (including phenoxy) is 1. The Hall–Kier alpha value is -2.93. The summed E-state index contributed by atoms with van der Waals surface area (Å²) in [6.07, 6.45) is 8.95. The maximum Gasteiger partial charge on any atom is 0.387 e. The molecule has 4 saturated carbocycles. The molecule has 3 aromatic rings. The first kappa shape index (κ1) is 22.5. The first-order valence-corrected chi connectivity index (χ1v) is 12.5. The fourth-order valence-electron chi connectivity index (χ4n) is 7.01. The zero-order valence-corrected chi connectivity index (χ0v) is 19.8. The number of anilines is 1. The Morgan fingerprint density at radius 1 is 1.06 bits per heavy atom. The van der Waals surface area contributed by atoms with Crippen LogP contribution < -0.4 is 10.1 Å². The third kappa shape index (κ3) is 4.20. The standard InChI is InChI=1S/C27H26ClF2N3O2/c28-22-11-19(6-7-23(22)35-26(29)30)31-25(34)21-15-33(20-4-2-1-3-5-20)32-24(21)27-12-16-8-17(13-27)10-18(9-16)14-27/h1-7,11,15-18,26H,8-10,12-14H2,(H,31,34). The van der Waals surface area contributed by atoms with Gasteiger partial charge in [-0.3, -0.25) is 4.79 Å². The highest BCUT2D eigenvalue weighted by Gasteiger charge is 2.53. The lowest BCUT2D eigenvalue weighted by Gasteiger charge is -2.56. The molecule has 0 aliphatic heterocycles. The van der Waals surface area contributed by atoms with E-state index >= 15 is 0 Å². The van der Waals surface area contributed by atoms with Crippen LogP contribution in [0, 0.1) is 17.8 Å². The van der Waals surface area contributed by atoms with Crippen LogP contribution in [0.2, 0.25) is 5.02 Å². The molecule has 0 radical (unpaired) electrons. The molecule has 8 heteroatoms. The van der Waals surface area contributed by atoms with E-state index in [-0.39, 0.29) is 22.1 Å². The van der Waals surface area contributed by atoms with Gasteiger partial charge in [-0.05, 0) is 86.6 Å². The van der Waals surface area contributed by atoms with E-state index in [0.29, 0.717) is 29.0 Å². The number of nitrogens with one attached hydrogen (secondary N) is 1. The number of carbonyl (C=O) groups excluding carboxylic acids is 1. The number of benzene rings is 2. The fraction of sp³-hybridized carbons (Fsp3) is 0.407. The highest BCUT2D eigenvalue weighted by atomic mass is 35.5. The molecule has 5 nitrogen and oxygen atoms in total. The minimum absolute atomic E-state index is 0.00406. The second kappa shape index (κ2) is 8.63. The van der Waals surface area contributed by atoms with Crippen molar-refractivity contribution >= 4 is 23.2 Å². The second-order valence-electron chi connectivity index (χ2n) is 10.3. The van der Waals surface area contributed by atoms with Crippen molar-refractivity contribution in [3.05, 3.63) is 71.0 Å². The normalized spacial score (nSPS) is 26.8. The summed E-state index contributed by atoms with van der Waals surface area (Å²) in [7, 11) is 0. The molecule has 4 aliphatic carbocycles. The largest absolute Gasteiger partial charge is 0.433 e. The number of alkyl halides is 2. The number of amides is 1. The van der Waals surface area contributed by atoms with Gasteiger partial charge >= 0.3 is 6.61 Å². The maximum atomic E-state index is 13.6. The summed E-state index contributed by atoms with van der Waals surface area (Å²) in [5.74, 6) is 1.71. The quantitative estimate of drug-likeness (QED) is 0.405. The molecular formula is C27H26ClF2N3O2. The maximum absolute atomic E-state index is 13.6. The second-order valence-corrected chi connectivity index (χ2v) is 10.8. The van der Waals surface area contributed by atoms with Gasteiger partial charge in [0, 0.05) is 17.3 Å². The van der Waals surface area contributed by atoms with Gasteiger partial charge in [0.15, 0.2) is 0 Å². The van der Waals surface area contributed by atoms with E-state index in [4.69, 9.17) is 16.7 Å². The molecule has 0 unspecified atom stereocenters. The summed E-state index contributed by atoms with van der Waals surface area (Å²) in [5, 5.41) is 7.93. The van der Waals surface area contributed by atoms with Gasteiger partial charge < -0.3 is 10.1 Å². The molecule has 182 valence electrons. The zero-order chi connectivity index (χ0) is 24.2. The van der Waals surface area contributed by atoms with Gasteiger partial charge in [0.25, 0.3) is 5.91 Å². The van der Waals surface area contributed by atoms with Crippen LogP contribution in [0.1, 0.15) is 54.6 Å². The van der Waals surface area contributed by atoms with E-state index in [2.05, 4.69) is 10.1 Å². The molecule has 35 heavy (non-hydrogen) atoms. The smallest absolute Gasteiger partial charge is 0.387 e.